The van der Waals surface area contributed by atoms with Gasteiger partial charge in [-0.25, -0.2) is 0 Å². The Morgan fingerprint density at radius 3 is 2.52 bits per heavy atom. The van der Waals surface area contributed by atoms with Gasteiger partial charge in [0.2, 0.25) is 0 Å². The number of carbonyl (C=O) groups is 1. The monoisotopic (exact) mass is 334 g/mol. The summed E-state index contributed by atoms with van der Waals surface area (Å²) in [7, 11) is 2.44. The number of carbonyl (C=O) groups excluding carboxylic acids is 1. The maximum Gasteiger partial charge on any atom is 0.500 e. The number of ether oxygens (including phenoxy) is 1. The molecule has 0 saturated carbocycles. The molecule has 1 atom stereocenters. The van der Waals surface area contributed by atoms with Crippen LogP contribution in [-0.2, 0) is 22.8 Å². The molecular weight excluding hydrogens is 308 g/mol. The van der Waals surface area contributed by atoms with Gasteiger partial charge >= 0.3 is 14.8 Å². The minimum atomic E-state index is -2.44. The molecule has 0 radical (unpaired) electrons. The van der Waals surface area contributed by atoms with Crippen LogP contribution in [0, 0.1) is 0 Å². The number of thioether (sulfide) groups is 1. The lowest BCUT2D eigenvalue weighted by Gasteiger charge is -2.24. The summed E-state index contributed by atoms with van der Waals surface area (Å²) < 4.78 is 21.4. The second-order valence-electron chi connectivity index (χ2n) is 4.80. The number of allylic oxidation sites excluding steroid dienone is 1. The van der Waals surface area contributed by atoms with Gasteiger partial charge in [-0.3, -0.25) is 4.79 Å². The van der Waals surface area contributed by atoms with Crippen molar-refractivity contribution in [2.45, 2.75) is 37.8 Å². The van der Waals surface area contributed by atoms with Crippen molar-refractivity contribution in [1.29, 1.82) is 0 Å². The third kappa shape index (κ3) is 6.97. The maximum atomic E-state index is 11.6. The lowest BCUT2D eigenvalue weighted by atomic mass is 10.3. The molecular formula is C14H26O5SSi. The van der Waals surface area contributed by atoms with E-state index in [-0.39, 0.29) is 12.1 Å². The molecule has 5 nitrogen and oxygen atoms in total. The van der Waals surface area contributed by atoms with Crippen LogP contribution in [0.1, 0.15) is 25.7 Å². The van der Waals surface area contributed by atoms with Gasteiger partial charge in [-0.1, -0.05) is 6.08 Å². The van der Waals surface area contributed by atoms with Crippen LogP contribution in [0.25, 0.3) is 0 Å². The molecule has 122 valence electrons. The largest absolute Gasteiger partial charge is 0.500 e. The zero-order valence-corrected chi connectivity index (χ0v) is 14.9. The Labute approximate surface area is 132 Å². The molecule has 0 saturated heterocycles. The zero-order valence-electron chi connectivity index (χ0n) is 13.1. The summed E-state index contributed by atoms with van der Waals surface area (Å²) in [6.07, 6.45) is 7.38. The van der Waals surface area contributed by atoms with E-state index in [1.54, 1.807) is 33.1 Å². The van der Waals surface area contributed by atoms with E-state index in [4.69, 9.17) is 18.0 Å². The number of hydrogen-bond acceptors (Lipinski definition) is 6. The molecule has 0 bridgehead atoms. The van der Waals surface area contributed by atoms with Crippen LogP contribution in [0.5, 0.6) is 0 Å². The Morgan fingerprint density at radius 2 is 1.95 bits per heavy atom. The molecule has 0 fully saturated rings. The highest BCUT2D eigenvalue weighted by Crippen LogP contribution is 2.18. The Bertz CT molecular complexity index is 325. The topological polar surface area (TPSA) is 54.0 Å². The average molecular weight is 335 g/mol. The molecule has 1 aliphatic rings. The van der Waals surface area contributed by atoms with Crippen molar-refractivity contribution in [3.8, 4) is 0 Å². The molecule has 0 aromatic carbocycles. The lowest BCUT2D eigenvalue weighted by Crippen LogP contribution is -2.42. The van der Waals surface area contributed by atoms with E-state index in [0.29, 0.717) is 6.42 Å². The summed E-state index contributed by atoms with van der Waals surface area (Å²) in [6, 6.07) is 0.792. The van der Waals surface area contributed by atoms with Gasteiger partial charge in [-0.2, -0.15) is 11.8 Å². The van der Waals surface area contributed by atoms with Crippen molar-refractivity contribution in [3.05, 3.63) is 12.2 Å². The first-order valence-corrected chi connectivity index (χ1v) is 10.3. The van der Waals surface area contributed by atoms with E-state index in [2.05, 4.69) is 6.08 Å². The standard InChI is InChI=1S/C14H26O5SSi/c1-16-21(17-2,18-3)12-6-10-20-11-9-14(15)19-13-7-4-5-8-13/h4,7,13H,5-6,8-12H2,1-3H3. The first kappa shape index (κ1) is 18.7. The first-order valence-electron chi connectivity index (χ1n) is 7.25. The third-order valence-electron chi connectivity index (χ3n) is 3.41. The van der Waals surface area contributed by atoms with Gasteiger partial charge in [-0.15, -0.1) is 0 Å². The van der Waals surface area contributed by atoms with Crippen molar-refractivity contribution in [1.82, 2.24) is 0 Å². The van der Waals surface area contributed by atoms with Gasteiger partial charge in [-0.05, 0) is 31.1 Å². The second-order valence-corrected chi connectivity index (χ2v) is 9.11. The van der Waals surface area contributed by atoms with Gasteiger partial charge in [0, 0.05) is 33.1 Å². The van der Waals surface area contributed by atoms with E-state index >= 15 is 0 Å². The Morgan fingerprint density at radius 1 is 1.24 bits per heavy atom. The normalized spacial score (nSPS) is 18.1. The van der Waals surface area contributed by atoms with E-state index in [1.807, 2.05) is 6.08 Å². The molecule has 1 rings (SSSR count). The summed E-state index contributed by atoms with van der Waals surface area (Å²) in [5.74, 6) is 1.64. The first-order chi connectivity index (χ1) is 10.2. The molecule has 0 spiro atoms. The summed E-state index contributed by atoms with van der Waals surface area (Å²) in [4.78, 5) is 11.6. The summed E-state index contributed by atoms with van der Waals surface area (Å²) >= 11 is 1.75. The fourth-order valence-electron chi connectivity index (χ4n) is 2.14. The van der Waals surface area contributed by atoms with E-state index in [1.165, 1.54) is 0 Å². The van der Waals surface area contributed by atoms with Crippen molar-refractivity contribution < 1.29 is 22.8 Å². The molecule has 7 heteroatoms. The molecule has 1 aliphatic carbocycles. The van der Waals surface area contributed by atoms with Gasteiger partial charge in [0.05, 0.1) is 6.42 Å². The van der Waals surface area contributed by atoms with E-state index in [0.717, 1.165) is 36.8 Å². The molecule has 0 aliphatic heterocycles. The SMILES string of the molecule is CO[Si](CCCSCCC(=O)OC1C=CCC1)(OC)OC. The molecule has 0 aromatic heterocycles. The van der Waals surface area contributed by atoms with Gasteiger partial charge in [0.25, 0.3) is 0 Å². The minimum absolute atomic E-state index is 0.000717. The molecule has 0 heterocycles. The zero-order chi connectivity index (χ0) is 15.6. The van der Waals surface area contributed by atoms with Crippen LogP contribution in [0.3, 0.4) is 0 Å². The van der Waals surface area contributed by atoms with Crippen LogP contribution in [0.15, 0.2) is 12.2 Å². The van der Waals surface area contributed by atoms with Crippen LogP contribution >= 0.6 is 11.8 Å². The minimum Gasteiger partial charge on any atom is -0.458 e. The lowest BCUT2D eigenvalue weighted by molar-refractivity contribution is -0.146. The Balaban J connectivity index is 2.03. The van der Waals surface area contributed by atoms with Gasteiger partial charge < -0.3 is 18.0 Å². The predicted octanol–water partition coefficient (Wildman–Crippen LogP) is 2.64. The van der Waals surface area contributed by atoms with Crippen molar-refractivity contribution >= 4 is 26.5 Å². The number of esters is 1. The molecule has 0 N–H and O–H groups in total. The molecule has 0 aromatic rings. The van der Waals surface area contributed by atoms with Crippen molar-refractivity contribution in [3.63, 3.8) is 0 Å². The summed E-state index contributed by atoms with van der Waals surface area (Å²) in [5, 5.41) is 0. The van der Waals surface area contributed by atoms with E-state index < -0.39 is 8.80 Å². The van der Waals surface area contributed by atoms with Crippen LogP contribution in [0.2, 0.25) is 6.04 Å². The van der Waals surface area contributed by atoms with Crippen LogP contribution in [-0.4, -0.2) is 53.7 Å². The molecule has 0 amide bonds. The van der Waals surface area contributed by atoms with Crippen LogP contribution in [0.4, 0.5) is 0 Å². The highest BCUT2D eigenvalue weighted by atomic mass is 32.2. The maximum absolute atomic E-state index is 11.6. The molecule has 1 unspecified atom stereocenters. The van der Waals surface area contributed by atoms with E-state index in [9.17, 15) is 4.79 Å². The second kappa shape index (κ2) is 10.4. The van der Waals surface area contributed by atoms with Crippen molar-refractivity contribution in [2.24, 2.45) is 0 Å². The quantitative estimate of drug-likeness (QED) is 0.251. The Hall–Kier alpha value is -0.343. The Kier molecular flexibility index (Phi) is 9.26. The molecule has 21 heavy (non-hydrogen) atoms. The van der Waals surface area contributed by atoms with Gasteiger partial charge in [0.15, 0.2) is 0 Å². The average Bonchev–Trinajstić information content (AvgIpc) is 3.00. The predicted molar refractivity (Wildman–Crippen MR) is 86.4 cm³/mol. The highest BCUT2D eigenvalue weighted by molar-refractivity contribution is 7.99. The summed E-state index contributed by atoms with van der Waals surface area (Å²) in [5.41, 5.74) is 0. The smallest absolute Gasteiger partial charge is 0.458 e. The number of rotatable bonds is 11. The van der Waals surface area contributed by atoms with Gasteiger partial charge in [0.1, 0.15) is 6.10 Å². The fourth-order valence-corrected chi connectivity index (χ4v) is 4.98. The third-order valence-corrected chi connectivity index (χ3v) is 7.31. The van der Waals surface area contributed by atoms with Crippen LogP contribution < -0.4 is 0 Å². The number of hydrogen-bond donors (Lipinski definition) is 0. The van der Waals surface area contributed by atoms with Crippen molar-refractivity contribution in [2.75, 3.05) is 32.8 Å². The highest BCUT2D eigenvalue weighted by Gasteiger charge is 2.36. The summed E-state index contributed by atoms with van der Waals surface area (Å²) in [6.45, 7) is 0. The fraction of sp³-hybridized carbons (Fsp3) is 0.786.